The van der Waals surface area contributed by atoms with Crippen LogP contribution in [0.25, 0.3) is 6.08 Å². The van der Waals surface area contributed by atoms with E-state index in [1.165, 1.54) is 0 Å². The van der Waals surface area contributed by atoms with Crippen LogP contribution in [0.5, 0.6) is 0 Å². The summed E-state index contributed by atoms with van der Waals surface area (Å²) in [7, 11) is 0. The third-order valence-electron chi connectivity index (χ3n) is 2.19. The lowest BCUT2D eigenvalue weighted by Gasteiger charge is -2.06. The minimum atomic E-state index is -0.426. The summed E-state index contributed by atoms with van der Waals surface area (Å²) in [6.07, 6.45) is 3.37. The Labute approximate surface area is 101 Å². The van der Waals surface area contributed by atoms with Gasteiger partial charge < -0.3 is 15.6 Å². The number of rotatable bonds is 5. The molecule has 1 aromatic carbocycles. The monoisotopic (exact) mass is 235 g/mol. The molecule has 0 saturated carbocycles. The maximum Gasteiger partial charge on any atom is 0.338 e. The Morgan fingerprint density at radius 1 is 1.53 bits per heavy atom. The maximum absolute atomic E-state index is 11.6. The van der Waals surface area contributed by atoms with Gasteiger partial charge in [-0.2, -0.15) is 0 Å². The second-order valence-corrected chi connectivity index (χ2v) is 3.51. The van der Waals surface area contributed by atoms with Crippen molar-refractivity contribution in [1.82, 2.24) is 0 Å². The average molecular weight is 235 g/mol. The number of aliphatic hydroxyl groups is 1. The van der Waals surface area contributed by atoms with Crippen molar-refractivity contribution in [2.75, 3.05) is 13.2 Å². The fourth-order valence-electron chi connectivity index (χ4n) is 1.33. The van der Waals surface area contributed by atoms with Gasteiger partial charge in [-0.15, -0.1) is 0 Å². The molecule has 4 heteroatoms. The van der Waals surface area contributed by atoms with Crippen molar-refractivity contribution in [2.24, 2.45) is 5.73 Å². The Morgan fingerprint density at radius 3 is 2.88 bits per heavy atom. The molecule has 0 aliphatic rings. The number of carbonyl (C=O) groups excluding carboxylic acids is 1. The van der Waals surface area contributed by atoms with E-state index in [1.807, 2.05) is 6.07 Å². The third-order valence-corrected chi connectivity index (χ3v) is 2.19. The molecule has 0 fully saturated rings. The molecule has 0 aliphatic carbocycles. The van der Waals surface area contributed by atoms with Crippen LogP contribution >= 0.6 is 0 Å². The molecule has 3 N–H and O–H groups in total. The van der Waals surface area contributed by atoms with Gasteiger partial charge in [0.2, 0.25) is 0 Å². The van der Waals surface area contributed by atoms with Gasteiger partial charge in [0, 0.05) is 6.04 Å². The van der Waals surface area contributed by atoms with Crippen LogP contribution in [0.15, 0.2) is 30.3 Å². The fourth-order valence-corrected chi connectivity index (χ4v) is 1.33. The molecule has 0 heterocycles. The lowest BCUT2D eigenvalue weighted by molar-refractivity contribution is 0.0526. The van der Waals surface area contributed by atoms with Crippen molar-refractivity contribution in [3.8, 4) is 0 Å². The van der Waals surface area contributed by atoms with E-state index in [9.17, 15) is 4.79 Å². The summed E-state index contributed by atoms with van der Waals surface area (Å²) in [5.41, 5.74) is 6.78. The SMILES string of the molecule is CCOC(=O)c1ccccc1/C=C/[C@@H](N)CO. The van der Waals surface area contributed by atoms with Crippen LogP contribution in [0, 0.1) is 0 Å². The van der Waals surface area contributed by atoms with Crippen molar-refractivity contribution in [1.29, 1.82) is 0 Å². The van der Waals surface area contributed by atoms with Gasteiger partial charge in [0.1, 0.15) is 0 Å². The molecule has 92 valence electrons. The van der Waals surface area contributed by atoms with Crippen LogP contribution in [0.4, 0.5) is 0 Å². The van der Waals surface area contributed by atoms with Crippen LogP contribution in [-0.4, -0.2) is 30.3 Å². The smallest absolute Gasteiger partial charge is 0.338 e. The highest BCUT2D eigenvalue weighted by atomic mass is 16.5. The second kappa shape index (κ2) is 6.83. The molecule has 1 aromatic rings. The molecule has 0 spiro atoms. The fraction of sp³-hybridized carbons (Fsp3) is 0.308. The second-order valence-electron chi connectivity index (χ2n) is 3.51. The van der Waals surface area contributed by atoms with E-state index < -0.39 is 6.04 Å². The summed E-state index contributed by atoms with van der Waals surface area (Å²) >= 11 is 0. The summed E-state index contributed by atoms with van der Waals surface area (Å²) in [5, 5.41) is 8.81. The van der Waals surface area contributed by atoms with Gasteiger partial charge in [-0.25, -0.2) is 4.79 Å². The standard InChI is InChI=1S/C13H17NO3/c1-2-17-13(16)12-6-4-3-5-10(12)7-8-11(14)9-15/h3-8,11,15H,2,9,14H2,1H3/b8-7+/t11-/m1/s1. The zero-order chi connectivity index (χ0) is 12.7. The largest absolute Gasteiger partial charge is 0.462 e. The lowest BCUT2D eigenvalue weighted by atomic mass is 10.1. The molecular weight excluding hydrogens is 218 g/mol. The maximum atomic E-state index is 11.6. The number of carbonyl (C=O) groups is 1. The number of hydrogen-bond acceptors (Lipinski definition) is 4. The Bertz CT molecular complexity index is 401. The molecule has 0 aliphatic heterocycles. The van der Waals surface area contributed by atoms with Crippen LogP contribution in [0.3, 0.4) is 0 Å². The quantitative estimate of drug-likeness (QED) is 0.752. The van der Waals surface area contributed by atoms with Crippen molar-refractivity contribution >= 4 is 12.0 Å². The first kappa shape index (κ1) is 13.4. The van der Waals surface area contributed by atoms with Crippen LogP contribution < -0.4 is 5.73 Å². The predicted octanol–water partition coefficient (Wildman–Crippen LogP) is 1.20. The summed E-state index contributed by atoms with van der Waals surface area (Å²) in [6, 6.07) is 6.67. The molecule has 17 heavy (non-hydrogen) atoms. The summed E-state index contributed by atoms with van der Waals surface area (Å²) in [5.74, 6) is -0.356. The first-order chi connectivity index (χ1) is 8.19. The highest BCUT2D eigenvalue weighted by Crippen LogP contribution is 2.12. The Hall–Kier alpha value is -1.65. The summed E-state index contributed by atoms with van der Waals surface area (Å²) < 4.78 is 4.95. The molecule has 0 bridgehead atoms. The van der Waals surface area contributed by atoms with Gasteiger partial charge >= 0.3 is 5.97 Å². The van der Waals surface area contributed by atoms with E-state index in [1.54, 1.807) is 37.3 Å². The predicted molar refractivity (Wildman–Crippen MR) is 66.5 cm³/mol. The lowest BCUT2D eigenvalue weighted by Crippen LogP contribution is -2.20. The number of esters is 1. The molecule has 0 aromatic heterocycles. The molecule has 0 saturated heterocycles. The Morgan fingerprint density at radius 2 is 2.24 bits per heavy atom. The topological polar surface area (TPSA) is 72.5 Å². The molecule has 0 radical (unpaired) electrons. The van der Waals surface area contributed by atoms with E-state index in [2.05, 4.69) is 0 Å². The van der Waals surface area contributed by atoms with Crippen LogP contribution in [-0.2, 0) is 4.74 Å². The average Bonchev–Trinajstić information content (AvgIpc) is 2.36. The highest BCUT2D eigenvalue weighted by molar-refractivity contribution is 5.93. The number of nitrogens with two attached hydrogens (primary N) is 1. The van der Waals surface area contributed by atoms with Gasteiger partial charge in [0.05, 0.1) is 18.8 Å². The molecule has 0 amide bonds. The molecule has 0 unspecified atom stereocenters. The van der Waals surface area contributed by atoms with Crippen molar-refractivity contribution in [2.45, 2.75) is 13.0 Å². The molecule has 1 rings (SSSR count). The number of hydrogen-bond donors (Lipinski definition) is 2. The van der Waals surface area contributed by atoms with Gasteiger partial charge in [-0.1, -0.05) is 30.4 Å². The number of benzene rings is 1. The van der Waals surface area contributed by atoms with Crippen molar-refractivity contribution in [3.63, 3.8) is 0 Å². The van der Waals surface area contributed by atoms with Gasteiger partial charge in [0.15, 0.2) is 0 Å². The third kappa shape index (κ3) is 4.01. The zero-order valence-electron chi connectivity index (χ0n) is 9.80. The van der Waals surface area contributed by atoms with E-state index >= 15 is 0 Å². The summed E-state index contributed by atoms with van der Waals surface area (Å²) in [4.78, 5) is 11.6. The first-order valence-electron chi connectivity index (χ1n) is 5.49. The van der Waals surface area contributed by atoms with Crippen molar-refractivity contribution < 1.29 is 14.6 Å². The van der Waals surface area contributed by atoms with Gasteiger partial charge in [0.25, 0.3) is 0 Å². The highest BCUT2D eigenvalue weighted by Gasteiger charge is 2.09. The van der Waals surface area contributed by atoms with E-state index in [0.717, 1.165) is 5.56 Å². The number of ether oxygens (including phenoxy) is 1. The van der Waals surface area contributed by atoms with Gasteiger partial charge in [-0.3, -0.25) is 0 Å². The molecular formula is C13H17NO3. The minimum Gasteiger partial charge on any atom is -0.462 e. The normalized spacial score (nSPS) is 12.6. The van der Waals surface area contributed by atoms with Crippen LogP contribution in [0.2, 0.25) is 0 Å². The van der Waals surface area contributed by atoms with E-state index in [-0.39, 0.29) is 12.6 Å². The zero-order valence-corrected chi connectivity index (χ0v) is 9.80. The minimum absolute atomic E-state index is 0.127. The van der Waals surface area contributed by atoms with E-state index in [0.29, 0.717) is 12.2 Å². The van der Waals surface area contributed by atoms with Gasteiger partial charge in [-0.05, 0) is 18.6 Å². The molecule has 4 nitrogen and oxygen atoms in total. The Kier molecular flexibility index (Phi) is 5.39. The van der Waals surface area contributed by atoms with E-state index in [4.69, 9.17) is 15.6 Å². The Balaban J connectivity index is 2.92. The summed E-state index contributed by atoms with van der Waals surface area (Å²) in [6.45, 7) is 1.98. The van der Waals surface area contributed by atoms with Crippen LogP contribution in [0.1, 0.15) is 22.8 Å². The molecule has 1 atom stereocenters. The van der Waals surface area contributed by atoms with Crippen molar-refractivity contribution in [3.05, 3.63) is 41.5 Å². The number of aliphatic hydroxyl groups excluding tert-OH is 1. The first-order valence-corrected chi connectivity index (χ1v) is 5.49.